The van der Waals surface area contributed by atoms with Crippen LogP contribution in [0.3, 0.4) is 0 Å². The van der Waals surface area contributed by atoms with Gasteiger partial charge in [0.15, 0.2) is 0 Å². The van der Waals surface area contributed by atoms with Gasteiger partial charge in [0.1, 0.15) is 0 Å². The number of halogens is 1. The van der Waals surface area contributed by atoms with Crippen molar-refractivity contribution >= 4 is 22.9 Å². The fourth-order valence-electron chi connectivity index (χ4n) is 2.23. The van der Waals surface area contributed by atoms with Crippen LogP contribution >= 0.6 is 11.6 Å². The van der Waals surface area contributed by atoms with E-state index in [-0.39, 0.29) is 5.91 Å². The first-order valence-corrected chi connectivity index (χ1v) is 7.09. The Morgan fingerprint density at radius 3 is 1.88 bits per heavy atom. The third kappa shape index (κ3) is 6.06. The molecule has 0 aromatic rings. The number of hydrogen-bond acceptors (Lipinski definition) is 2. The van der Waals surface area contributed by atoms with Crippen LogP contribution in [-0.4, -0.2) is 22.7 Å². The molecule has 0 aliphatic carbocycles. The minimum absolute atomic E-state index is 0.107. The Labute approximate surface area is 108 Å². The summed E-state index contributed by atoms with van der Waals surface area (Å²) in [5.74, 6) is -0.107. The van der Waals surface area contributed by atoms with Gasteiger partial charge in [-0.3, -0.25) is 14.5 Å². The van der Waals surface area contributed by atoms with Crippen LogP contribution in [-0.2, 0) is 4.79 Å². The Hall–Kier alpha value is -0.570. The summed E-state index contributed by atoms with van der Waals surface area (Å²) in [6.45, 7) is 0.487. The quantitative estimate of drug-likeness (QED) is 0.485. The van der Waals surface area contributed by atoms with Crippen molar-refractivity contribution in [3.8, 4) is 0 Å². The number of rotatable bonds is 0. The van der Waals surface area contributed by atoms with Crippen LogP contribution in [0.2, 0.25) is 0 Å². The van der Waals surface area contributed by atoms with E-state index in [0.717, 1.165) is 25.7 Å². The van der Waals surface area contributed by atoms with E-state index in [0.29, 0.717) is 13.0 Å². The van der Waals surface area contributed by atoms with E-state index < -0.39 is 5.37 Å². The molecule has 0 radical (unpaired) electrons. The van der Waals surface area contributed by atoms with E-state index in [9.17, 15) is 9.59 Å². The highest BCUT2D eigenvalue weighted by molar-refractivity contribution is 6.64. The van der Waals surface area contributed by atoms with Gasteiger partial charge in [0.05, 0.1) is 0 Å². The van der Waals surface area contributed by atoms with Gasteiger partial charge in [-0.15, -0.1) is 0 Å². The van der Waals surface area contributed by atoms with Crippen LogP contribution in [0.25, 0.3) is 0 Å². The number of imide groups is 1. The molecule has 0 saturated carbocycles. The summed E-state index contributed by atoms with van der Waals surface area (Å²) in [5.41, 5.74) is 0. The number of amides is 2. The fourth-order valence-corrected chi connectivity index (χ4v) is 2.41. The van der Waals surface area contributed by atoms with Gasteiger partial charge in [0.25, 0.3) is 0 Å². The van der Waals surface area contributed by atoms with Crippen LogP contribution < -0.4 is 0 Å². The minimum Gasteiger partial charge on any atom is -0.274 e. The van der Waals surface area contributed by atoms with Crippen LogP contribution in [0.15, 0.2) is 0 Å². The van der Waals surface area contributed by atoms with Crippen LogP contribution in [0, 0.1) is 0 Å². The molecule has 1 rings (SSSR count). The molecule has 0 aromatic carbocycles. The normalized spacial score (nSPS) is 21.2. The molecular formula is C13H22ClNO2. The lowest BCUT2D eigenvalue weighted by atomic mass is 10.1. The Morgan fingerprint density at radius 1 is 0.882 bits per heavy atom. The minimum atomic E-state index is -0.620. The number of hydrogen-bond donors (Lipinski definition) is 0. The second-order valence-corrected chi connectivity index (χ2v) is 5.05. The van der Waals surface area contributed by atoms with E-state index in [1.165, 1.54) is 37.0 Å². The van der Waals surface area contributed by atoms with Crippen molar-refractivity contribution in [1.29, 1.82) is 0 Å². The van der Waals surface area contributed by atoms with Gasteiger partial charge in [-0.25, -0.2) is 0 Å². The molecule has 1 saturated heterocycles. The van der Waals surface area contributed by atoms with Gasteiger partial charge in [0.2, 0.25) is 5.91 Å². The average molecular weight is 260 g/mol. The molecule has 0 aromatic heterocycles. The Bertz CT molecular complexity index is 256. The molecule has 0 unspecified atom stereocenters. The van der Waals surface area contributed by atoms with Crippen molar-refractivity contribution in [2.75, 3.05) is 6.54 Å². The zero-order valence-corrected chi connectivity index (χ0v) is 11.2. The lowest BCUT2D eigenvalue weighted by Crippen LogP contribution is -2.33. The van der Waals surface area contributed by atoms with Crippen molar-refractivity contribution in [3.05, 3.63) is 0 Å². The summed E-state index contributed by atoms with van der Waals surface area (Å²) in [5, 5.41) is -0.620. The van der Waals surface area contributed by atoms with Gasteiger partial charge in [0, 0.05) is 13.0 Å². The maximum atomic E-state index is 11.8. The summed E-state index contributed by atoms with van der Waals surface area (Å²) >= 11 is 5.44. The average Bonchev–Trinajstić information content (AvgIpc) is 2.30. The largest absolute Gasteiger partial charge is 0.323 e. The van der Waals surface area contributed by atoms with Crippen LogP contribution in [0.5, 0.6) is 0 Å². The summed E-state index contributed by atoms with van der Waals surface area (Å²) in [6, 6.07) is 0. The maximum Gasteiger partial charge on any atom is 0.323 e. The van der Waals surface area contributed by atoms with E-state index in [2.05, 4.69) is 0 Å². The predicted octanol–water partition coefficient (Wildman–Crippen LogP) is 4.09. The molecule has 17 heavy (non-hydrogen) atoms. The monoisotopic (exact) mass is 259 g/mol. The molecule has 4 heteroatoms. The molecule has 0 atom stereocenters. The Morgan fingerprint density at radius 2 is 1.35 bits per heavy atom. The zero-order chi connectivity index (χ0) is 12.5. The molecule has 1 fully saturated rings. The summed E-state index contributed by atoms with van der Waals surface area (Å²) < 4.78 is 0. The van der Waals surface area contributed by atoms with Crippen LogP contribution in [0.4, 0.5) is 4.79 Å². The molecule has 0 spiro atoms. The third-order valence-corrected chi connectivity index (χ3v) is 3.49. The molecule has 1 heterocycles. The number of carbonyl (C=O) groups excluding carboxylic acids is 2. The number of carbonyl (C=O) groups is 2. The highest BCUT2D eigenvalue weighted by Gasteiger charge is 2.18. The van der Waals surface area contributed by atoms with E-state index >= 15 is 0 Å². The van der Waals surface area contributed by atoms with E-state index in [1.807, 2.05) is 0 Å². The molecule has 1 aliphatic rings. The van der Waals surface area contributed by atoms with Gasteiger partial charge in [-0.05, 0) is 24.4 Å². The van der Waals surface area contributed by atoms with Crippen molar-refractivity contribution in [1.82, 2.24) is 4.90 Å². The van der Waals surface area contributed by atoms with Crippen molar-refractivity contribution in [2.24, 2.45) is 0 Å². The first kappa shape index (κ1) is 14.5. The molecule has 3 nitrogen and oxygen atoms in total. The first-order valence-electron chi connectivity index (χ1n) is 6.71. The maximum absolute atomic E-state index is 11.8. The highest BCUT2D eigenvalue weighted by Crippen LogP contribution is 2.14. The Kier molecular flexibility index (Phi) is 7.25. The highest BCUT2D eigenvalue weighted by atomic mass is 35.5. The van der Waals surface area contributed by atoms with E-state index in [4.69, 9.17) is 11.6 Å². The standard InChI is InChI=1S/C13H22ClNO2/c14-13(17)15-11-9-7-5-3-1-2-4-6-8-10-12(15)16/h1-11H2. The third-order valence-electron chi connectivity index (χ3n) is 3.29. The van der Waals surface area contributed by atoms with E-state index in [1.54, 1.807) is 0 Å². The SMILES string of the molecule is O=C(Cl)N1CCCCCCCCCCCC1=O. The van der Waals surface area contributed by atoms with Crippen LogP contribution in [0.1, 0.15) is 64.2 Å². The fraction of sp³-hybridized carbons (Fsp3) is 0.846. The van der Waals surface area contributed by atoms with Crippen molar-refractivity contribution in [2.45, 2.75) is 64.2 Å². The molecule has 1 aliphatic heterocycles. The van der Waals surface area contributed by atoms with Crippen molar-refractivity contribution in [3.63, 3.8) is 0 Å². The summed E-state index contributed by atoms with van der Waals surface area (Å²) in [6.07, 6.45) is 10.6. The smallest absolute Gasteiger partial charge is 0.274 e. The zero-order valence-electron chi connectivity index (χ0n) is 10.4. The molecule has 0 N–H and O–H groups in total. The lowest BCUT2D eigenvalue weighted by molar-refractivity contribution is -0.128. The lowest BCUT2D eigenvalue weighted by Gasteiger charge is -2.17. The Balaban J connectivity index is 2.45. The van der Waals surface area contributed by atoms with Gasteiger partial charge in [-0.1, -0.05) is 44.9 Å². The molecule has 98 valence electrons. The van der Waals surface area contributed by atoms with Gasteiger partial charge in [-0.2, -0.15) is 0 Å². The molecular weight excluding hydrogens is 238 g/mol. The summed E-state index contributed by atoms with van der Waals surface area (Å²) in [7, 11) is 0. The molecule has 2 amide bonds. The topological polar surface area (TPSA) is 37.4 Å². The number of nitrogens with zero attached hydrogens (tertiary/aromatic N) is 1. The first-order chi connectivity index (χ1) is 8.22. The van der Waals surface area contributed by atoms with Gasteiger partial charge < -0.3 is 0 Å². The summed E-state index contributed by atoms with van der Waals surface area (Å²) in [4.78, 5) is 24.2. The predicted molar refractivity (Wildman–Crippen MR) is 69.1 cm³/mol. The second kappa shape index (κ2) is 8.51. The van der Waals surface area contributed by atoms with Crippen molar-refractivity contribution < 1.29 is 9.59 Å². The van der Waals surface area contributed by atoms with Gasteiger partial charge >= 0.3 is 5.37 Å². The molecule has 0 bridgehead atoms. The second-order valence-electron chi connectivity index (χ2n) is 4.73.